The Bertz CT molecular complexity index is 1330. The zero-order valence-corrected chi connectivity index (χ0v) is 18.1. The zero-order valence-electron chi connectivity index (χ0n) is 18.1. The Morgan fingerprint density at radius 2 is 1.85 bits per heavy atom. The molecule has 1 saturated heterocycles. The molecule has 1 aliphatic heterocycles. The number of hydrogen-bond acceptors (Lipinski definition) is 8. The molecule has 0 bridgehead atoms. The van der Waals surface area contributed by atoms with Crippen molar-refractivity contribution in [3.63, 3.8) is 0 Å². The molecule has 34 heavy (non-hydrogen) atoms. The average Bonchev–Trinajstić information content (AvgIpc) is 3.34. The maximum Gasteiger partial charge on any atom is 0.173 e. The van der Waals surface area contributed by atoms with Crippen LogP contribution in [-0.4, -0.2) is 49.3 Å². The molecule has 0 unspecified atom stereocenters. The average molecular weight is 465 g/mol. The minimum Gasteiger partial charge on any atom is -0.482 e. The van der Waals surface area contributed by atoms with Crippen molar-refractivity contribution in [3.8, 4) is 22.6 Å². The Kier molecular flexibility index (Phi) is 5.54. The molecule has 1 fully saturated rings. The van der Waals surface area contributed by atoms with Crippen LogP contribution in [0.3, 0.4) is 0 Å². The first-order chi connectivity index (χ1) is 16.4. The molecule has 0 spiro atoms. The fraction of sp³-hybridized carbons (Fsp3) is 0.217. The number of rotatable bonds is 6. The molecule has 1 aromatic carbocycles. The lowest BCUT2D eigenvalue weighted by Crippen LogP contribution is -2.51. The second kappa shape index (κ2) is 8.67. The van der Waals surface area contributed by atoms with Crippen molar-refractivity contribution >= 4 is 11.6 Å². The van der Waals surface area contributed by atoms with Crippen LogP contribution in [-0.2, 0) is 0 Å². The molecule has 3 N–H and O–H groups in total. The van der Waals surface area contributed by atoms with E-state index in [0.717, 1.165) is 0 Å². The lowest BCUT2D eigenvalue weighted by Gasteiger charge is -2.37. The fourth-order valence-electron chi connectivity index (χ4n) is 3.83. The van der Waals surface area contributed by atoms with Crippen molar-refractivity contribution < 1.29 is 18.6 Å². The molecule has 5 rings (SSSR count). The standard InChI is InChI=1S/C23H21F2N7O2/c1-13(18-9-15(24)2-3-19(18)32-29-6-7-30-32)34-20-8-14(10-28-22(20)26)17-4-5-27-23(21(17)25)31-11-16(33)12-31/h2-10,13,16,33H,11-12H2,1H3,(H2,26,28)/t13-/m1/s1. The van der Waals surface area contributed by atoms with Crippen LogP contribution >= 0.6 is 0 Å². The Balaban J connectivity index is 1.46. The molecule has 11 heteroatoms. The Hall–Kier alpha value is -4.12. The van der Waals surface area contributed by atoms with Gasteiger partial charge in [0.1, 0.15) is 11.9 Å². The minimum absolute atomic E-state index is 0.103. The molecule has 0 aliphatic carbocycles. The molecule has 4 heterocycles. The van der Waals surface area contributed by atoms with Gasteiger partial charge in [0.25, 0.3) is 0 Å². The van der Waals surface area contributed by atoms with Gasteiger partial charge in [0, 0.05) is 42.2 Å². The summed E-state index contributed by atoms with van der Waals surface area (Å²) in [6.45, 7) is 2.37. The van der Waals surface area contributed by atoms with Crippen LogP contribution in [0, 0.1) is 11.6 Å². The van der Waals surface area contributed by atoms with Gasteiger partial charge >= 0.3 is 0 Å². The van der Waals surface area contributed by atoms with Crippen LogP contribution in [0.5, 0.6) is 5.75 Å². The van der Waals surface area contributed by atoms with Gasteiger partial charge in [-0.3, -0.25) is 0 Å². The summed E-state index contributed by atoms with van der Waals surface area (Å²) < 4.78 is 35.3. The zero-order chi connectivity index (χ0) is 23.8. The largest absolute Gasteiger partial charge is 0.482 e. The quantitative estimate of drug-likeness (QED) is 0.447. The van der Waals surface area contributed by atoms with Gasteiger partial charge in [-0.25, -0.2) is 18.7 Å². The predicted octanol–water partition coefficient (Wildman–Crippen LogP) is 2.91. The van der Waals surface area contributed by atoms with E-state index in [4.69, 9.17) is 10.5 Å². The van der Waals surface area contributed by atoms with Crippen LogP contribution in [0.2, 0.25) is 0 Å². The van der Waals surface area contributed by atoms with Crippen LogP contribution in [0.4, 0.5) is 20.4 Å². The summed E-state index contributed by atoms with van der Waals surface area (Å²) in [4.78, 5) is 11.3. The molecule has 0 radical (unpaired) electrons. The van der Waals surface area contributed by atoms with Crippen LogP contribution in [0.15, 0.2) is 55.1 Å². The van der Waals surface area contributed by atoms with Crippen LogP contribution < -0.4 is 15.4 Å². The highest BCUT2D eigenvalue weighted by molar-refractivity contribution is 5.70. The molecule has 4 aromatic rings. The lowest BCUT2D eigenvalue weighted by atomic mass is 10.1. The van der Waals surface area contributed by atoms with Crippen molar-refractivity contribution in [3.05, 3.63) is 72.3 Å². The summed E-state index contributed by atoms with van der Waals surface area (Å²) in [6.07, 6.45) is 4.82. The van der Waals surface area contributed by atoms with E-state index in [0.29, 0.717) is 29.9 Å². The van der Waals surface area contributed by atoms with Crippen molar-refractivity contribution in [1.29, 1.82) is 0 Å². The van der Waals surface area contributed by atoms with E-state index in [-0.39, 0.29) is 22.9 Å². The van der Waals surface area contributed by atoms with E-state index in [2.05, 4.69) is 20.2 Å². The maximum atomic E-state index is 15.2. The minimum atomic E-state index is -0.656. The second-order valence-corrected chi connectivity index (χ2v) is 7.94. The molecule has 0 amide bonds. The molecular weight excluding hydrogens is 444 g/mol. The summed E-state index contributed by atoms with van der Waals surface area (Å²) in [5.74, 6) is -0.496. The van der Waals surface area contributed by atoms with Gasteiger partial charge < -0.3 is 20.5 Å². The highest BCUT2D eigenvalue weighted by atomic mass is 19.1. The third kappa shape index (κ3) is 4.01. The van der Waals surface area contributed by atoms with Gasteiger partial charge in [-0.15, -0.1) is 0 Å². The second-order valence-electron chi connectivity index (χ2n) is 7.94. The number of nitrogen functional groups attached to an aromatic ring is 1. The molecular formula is C23H21F2N7O2. The van der Waals surface area contributed by atoms with Crippen LogP contribution in [0.1, 0.15) is 18.6 Å². The van der Waals surface area contributed by atoms with Crippen molar-refractivity contribution in [2.75, 3.05) is 23.7 Å². The number of nitrogens with two attached hydrogens (primary N) is 1. The van der Waals surface area contributed by atoms with Crippen molar-refractivity contribution in [2.45, 2.75) is 19.1 Å². The van der Waals surface area contributed by atoms with E-state index in [1.54, 1.807) is 24.0 Å². The molecule has 9 nitrogen and oxygen atoms in total. The third-order valence-corrected chi connectivity index (χ3v) is 5.59. The first-order valence-electron chi connectivity index (χ1n) is 10.6. The molecule has 3 aromatic heterocycles. The predicted molar refractivity (Wildman–Crippen MR) is 120 cm³/mol. The van der Waals surface area contributed by atoms with E-state index in [1.807, 2.05) is 0 Å². The number of aromatic nitrogens is 5. The number of nitrogens with zero attached hydrogens (tertiary/aromatic N) is 6. The number of hydrogen-bond donors (Lipinski definition) is 2. The van der Waals surface area contributed by atoms with Crippen molar-refractivity contribution in [1.82, 2.24) is 25.0 Å². The first-order valence-corrected chi connectivity index (χ1v) is 10.6. The third-order valence-electron chi connectivity index (χ3n) is 5.59. The summed E-state index contributed by atoms with van der Waals surface area (Å²) in [7, 11) is 0. The summed E-state index contributed by atoms with van der Waals surface area (Å²) >= 11 is 0. The first kappa shape index (κ1) is 21.7. The number of aliphatic hydroxyl groups excluding tert-OH is 1. The lowest BCUT2D eigenvalue weighted by molar-refractivity contribution is 0.140. The Morgan fingerprint density at radius 1 is 1.09 bits per heavy atom. The molecule has 174 valence electrons. The number of benzene rings is 1. The topological polar surface area (TPSA) is 115 Å². The smallest absolute Gasteiger partial charge is 0.173 e. The Morgan fingerprint density at radius 3 is 2.59 bits per heavy atom. The molecule has 1 atom stereocenters. The van der Waals surface area contributed by atoms with Crippen molar-refractivity contribution in [2.24, 2.45) is 0 Å². The summed E-state index contributed by atoms with van der Waals surface area (Å²) in [6, 6.07) is 7.32. The summed E-state index contributed by atoms with van der Waals surface area (Å²) in [5, 5.41) is 17.8. The number of β-amino-alcohol motifs (C(OH)–C–C–N with tert-alkyl or cyclic N) is 1. The van der Waals surface area contributed by atoms with Gasteiger partial charge in [0.05, 0.1) is 24.2 Å². The normalized spacial score (nSPS) is 14.6. The van der Waals surface area contributed by atoms with E-state index in [1.165, 1.54) is 47.8 Å². The van der Waals surface area contributed by atoms with E-state index < -0.39 is 23.8 Å². The SMILES string of the molecule is C[C@@H](Oc1cc(-c2ccnc(N3CC(O)C3)c2F)cnc1N)c1cc(F)ccc1-n1nccn1. The molecule has 0 saturated carbocycles. The highest BCUT2D eigenvalue weighted by Gasteiger charge is 2.29. The maximum absolute atomic E-state index is 15.2. The van der Waals surface area contributed by atoms with Gasteiger partial charge in [0.2, 0.25) is 0 Å². The summed E-state index contributed by atoms with van der Waals surface area (Å²) in [5.41, 5.74) is 7.78. The van der Waals surface area contributed by atoms with E-state index in [9.17, 15) is 9.50 Å². The van der Waals surface area contributed by atoms with Gasteiger partial charge in [-0.2, -0.15) is 15.0 Å². The number of halogens is 2. The van der Waals surface area contributed by atoms with Crippen LogP contribution in [0.25, 0.3) is 16.8 Å². The number of aliphatic hydroxyl groups is 1. The van der Waals surface area contributed by atoms with Gasteiger partial charge in [-0.1, -0.05) is 0 Å². The monoisotopic (exact) mass is 465 g/mol. The number of pyridine rings is 2. The fourth-order valence-corrected chi connectivity index (χ4v) is 3.83. The van der Waals surface area contributed by atoms with E-state index >= 15 is 4.39 Å². The number of ether oxygens (including phenoxy) is 1. The van der Waals surface area contributed by atoms with Gasteiger partial charge in [0.15, 0.2) is 23.2 Å². The number of anilines is 2. The van der Waals surface area contributed by atoms with Gasteiger partial charge in [-0.05, 0) is 37.3 Å². The Labute approximate surface area is 193 Å². The molecule has 1 aliphatic rings. The highest BCUT2D eigenvalue weighted by Crippen LogP contribution is 2.35.